The summed E-state index contributed by atoms with van der Waals surface area (Å²) in [4.78, 5) is 28.3. The Kier molecular flexibility index (Phi) is 8.06. The van der Waals surface area contributed by atoms with Crippen LogP contribution in [0.2, 0.25) is 0 Å². The first kappa shape index (κ1) is 22.8. The van der Waals surface area contributed by atoms with Crippen molar-refractivity contribution < 1.29 is 14.3 Å². The van der Waals surface area contributed by atoms with Gasteiger partial charge < -0.3 is 15.4 Å². The van der Waals surface area contributed by atoms with E-state index in [9.17, 15) is 9.59 Å². The lowest BCUT2D eigenvalue weighted by Crippen LogP contribution is -2.55. The van der Waals surface area contributed by atoms with Crippen molar-refractivity contribution in [1.29, 1.82) is 0 Å². The summed E-state index contributed by atoms with van der Waals surface area (Å²) in [5, 5.41) is 6.08. The molecule has 166 valence electrons. The summed E-state index contributed by atoms with van der Waals surface area (Å²) in [6.45, 7) is 6.60. The van der Waals surface area contributed by atoms with Crippen molar-refractivity contribution in [3.05, 3.63) is 65.7 Å². The Morgan fingerprint density at radius 1 is 1.10 bits per heavy atom. The van der Waals surface area contributed by atoms with Gasteiger partial charge in [-0.3, -0.25) is 14.5 Å². The standard InChI is InChI=1S/C25H33N3O3/c1-18(2)23(27-24(29)21-13-7-8-14-22(21)31-3)25(30)26-20-12-9-15-28(17-20)16-19-10-5-4-6-11-19/h4-8,10-11,13-14,18,20,23H,9,12,15-17H2,1-3H3,(H,26,30)(H,27,29). The quantitative estimate of drug-likeness (QED) is 0.684. The van der Waals surface area contributed by atoms with Crippen LogP contribution in [0.25, 0.3) is 0 Å². The number of amides is 2. The molecule has 2 aromatic rings. The van der Waals surface area contributed by atoms with Crippen LogP contribution in [0, 0.1) is 5.92 Å². The van der Waals surface area contributed by atoms with Gasteiger partial charge in [0.1, 0.15) is 11.8 Å². The Morgan fingerprint density at radius 3 is 2.52 bits per heavy atom. The van der Waals surface area contributed by atoms with E-state index in [1.807, 2.05) is 26.0 Å². The summed E-state index contributed by atoms with van der Waals surface area (Å²) in [5.41, 5.74) is 1.70. The highest BCUT2D eigenvalue weighted by molar-refractivity contribution is 5.99. The van der Waals surface area contributed by atoms with Gasteiger partial charge in [-0.05, 0) is 43.0 Å². The molecule has 1 fully saturated rings. The molecular weight excluding hydrogens is 390 g/mol. The fourth-order valence-corrected chi connectivity index (χ4v) is 4.04. The van der Waals surface area contributed by atoms with E-state index in [1.54, 1.807) is 18.2 Å². The molecule has 1 heterocycles. The van der Waals surface area contributed by atoms with Crippen molar-refractivity contribution in [2.75, 3.05) is 20.2 Å². The molecule has 0 aromatic heterocycles. The van der Waals surface area contributed by atoms with Gasteiger partial charge in [-0.1, -0.05) is 56.3 Å². The molecule has 2 amide bonds. The highest BCUT2D eigenvalue weighted by Crippen LogP contribution is 2.18. The summed E-state index contributed by atoms with van der Waals surface area (Å²) in [5.74, 6) is 0.0138. The molecule has 2 aromatic carbocycles. The number of para-hydroxylation sites is 1. The van der Waals surface area contributed by atoms with Crippen LogP contribution in [0.15, 0.2) is 54.6 Å². The first-order chi connectivity index (χ1) is 15.0. The molecule has 2 N–H and O–H groups in total. The number of hydrogen-bond acceptors (Lipinski definition) is 4. The number of nitrogens with zero attached hydrogens (tertiary/aromatic N) is 1. The third-order valence-electron chi connectivity index (χ3n) is 5.69. The molecule has 1 saturated heterocycles. The monoisotopic (exact) mass is 423 g/mol. The minimum Gasteiger partial charge on any atom is -0.496 e. The SMILES string of the molecule is COc1ccccc1C(=O)NC(C(=O)NC1CCCN(Cc2ccccc2)C1)C(C)C. The van der Waals surface area contributed by atoms with E-state index in [0.717, 1.165) is 32.5 Å². The van der Waals surface area contributed by atoms with Crippen LogP contribution in [0.5, 0.6) is 5.75 Å². The second-order valence-corrected chi connectivity index (χ2v) is 8.46. The Bertz CT molecular complexity index is 869. The number of carbonyl (C=O) groups is 2. The molecule has 6 heteroatoms. The average molecular weight is 424 g/mol. The molecule has 1 aliphatic rings. The summed E-state index contributed by atoms with van der Waals surface area (Å²) in [7, 11) is 1.53. The van der Waals surface area contributed by atoms with E-state index >= 15 is 0 Å². The normalized spacial score (nSPS) is 17.7. The lowest BCUT2D eigenvalue weighted by molar-refractivity contribution is -0.125. The molecule has 6 nitrogen and oxygen atoms in total. The van der Waals surface area contributed by atoms with Crippen LogP contribution in [-0.4, -0.2) is 49.0 Å². The number of ether oxygens (including phenoxy) is 1. The van der Waals surface area contributed by atoms with E-state index in [-0.39, 0.29) is 23.8 Å². The molecular formula is C25H33N3O3. The number of nitrogens with one attached hydrogen (secondary N) is 2. The third-order valence-corrected chi connectivity index (χ3v) is 5.69. The van der Waals surface area contributed by atoms with Gasteiger partial charge in [-0.15, -0.1) is 0 Å². The zero-order valence-electron chi connectivity index (χ0n) is 18.6. The van der Waals surface area contributed by atoms with Gasteiger partial charge in [0.25, 0.3) is 5.91 Å². The minimum absolute atomic E-state index is 0.0392. The van der Waals surface area contributed by atoms with E-state index < -0.39 is 6.04 Å². The van der Waals surface area contributed by atoms with Crippen LogP contribution < -0.4 is 15.4 Å². The number of piperidine rings is 1. The van der Waals surface area contributed by atoms with Crippen LogP contribution in [0.4, 0.5) is 0 Å². The molecule has 0 bridgehead atoms. The minimum atomic E-state index is -0.609. The number of carbonyl (C=O) groups excluding carboxylic acids is 2. The highest BCUT2D eigenvalue weighted by atomic mass is 16.5. The molecule has 2 atom stereocenters. The predicted molar refractivity (Wildman–Crippen MR) is 122 cm³/mol. The molecule has 2 unspecified atom stereocenters. The fourth-order valence-electron chi connectivity index (χ4n) is 4.04. The summed E-state index contributed by atoms with van der Waals surface area (Å²) >= 11 is 0. The van der Waals surface area contributed by atoms with Crippen molar-refractivity contribution in [1.82, 2.24) is 15.5 Å². The second kappa shape index (κ2) is 11.0. The van der Waals surface area contributed by atoms with Gasteiger partial charge in [-0.2, -0.15) is 0 Å². The van der Waals surface area contributed by atoms with Gasteiger partial charge in [-0.25, -0.2) is 0 Å². The van der Waals surface area contributed by atoms with Crippen molar-refractivity contribution in [3.63, 3.8) is 0 Å². The average Bonchev–Trinajstić information content (AvgIpc) is 2.78. The van der Waals surface area contributed by atoms with Gasteiger partial charge in [0, 0.05) is 19.1 Å². The summed E-state index contributed by atoms with van der Waals surface area (Å²) in [6, 6.07) is 16.9. The third kappa shape index (κ3) is 6.31. The second-order valence-electron chi connectivity index (χ2n) is 8.46. The maximum atomic E-state index is 13.1. The maximum Gasteiger partial charge on any atom is 0.255 e. The molecule has 31 heavy (non-hydrogen) atoms. The lowest BCUT2D eigenvalue weighted by Gasteiger charge is -2.34. The molecule has 0 radical (unpaired) electrons. The van der Waals surface area contributed by atoms with Crippen molar-refractivity contribution in [2.24, 2.45) is 5.92 Å². The molecule has 1 aliphatic heterocycles. The number of benzene rings is 2. The van der Waals surface area contributed by atoms with E-state index in [4.69, 9.17) is 4.74 Å². The zero-order valence-corrected chi connectivity index (χ0v) is 18.6. The Labute approximate surface area is 185 Å². The number of rotatable bonds is 8. The number of methoxy groups -OCH3 is 1. The van der Waals surface area contributed by atoms with Crippen LogP contribution in [0.1, 0.15) is 42.6 Å². The zero-order chi connectivity index (χ0) is 22.2. The van der Waals surface area contributed by atoms with Crippen LogP contribution >= 0.6 is 0 Å². The van der Waals surface area contributed by atoms with Crippen LogP contribution in [0.3, 0.4) is 0 Å². The lowest BCUT2D eigenvalue weighted by atomic mass is 10.00. The Hall–Kier alpha value is -2.86. The summed E-state index contributed by atoms with van der Waals surface area (Å²) < 4.78 is 5.28. The molecule has 3 rings (SSSR count). The van der Waals surface area contributed by atoms with E-state index in [0.29, 0.717) is 11.3 Å². The Balaban J connectivity index is 1.60. The van der Waals surface area contributed by atoms with Crippen molar-refractivity contribution >= 4 is 11.8 Å². The van der Waals surface area contributed by atoms with Gasteiger partial charge in [0.05, 0.1) is 12.7 Å². The molecule has 0 aliphatic carbocycles. The molecule has 0 saturated carbocycles. The first-order valence-electron chi connectivity index (χ1n) is 11.0. The van der Waals surface area contributed by atoms with Crippen molar-refractivity contribution in [2.45, 2.75) is 45.3 Å². The van der Waals surface area contributed by atoms with Gasteiger partial charge in [0.15, 0.2) is 0 Å². The predicted octanol–water partition coefficient (Wildman–Crippen LogP) is 3.23. The van der Waals surface area contributed by atoms with E-state index in [2.05, 4.69) is 39.8 Å². The topological polar surface area (TPSA) is 70.7 Å². The highest BCUT2D eigenvalue weighted by Gasteiger charge is 2.29. The van der Waals surface area contributed by atoms with Gasteiger partial charge in [0.2, 0.25) is 5.91 Å². The fraction of sp³-hybridized carbons (Fsp3) is 0.440. The number of likely N-dealkylation sites (tertiary alicyclic amines) is 1. The largest absolute Gasteiger partial charge is 0.496 e. The first-order valence-corrected chi connectivity index (χ1v) is 11.0. The van der Waals surface area contributed by atoms with Gasteiger partial charge >= 0.3 is 0 Å². The molecule has 0 spiro atoms. The van der Waals surface area contributed by atoms with Crippen molar-refractivity contribution in [3.8, 4) is 5.75 Å². The Morgan fingerprint density at radius 2 is 1.81 bits per heavy atom. The van der Waals surface area contributed by atoms with Crippen LogP contribution in [-0.2, 0) is 11.3 Å². The number of hydrogen-bond donors (Lipinski definition) is 2. The smallest absolute Gasteiger partial charge is 0.255 e. The van der Waals surface area contributed by atoms with E-state index in [1.165, 1.54) is 12.7 Å². The maximum absolute atomic E-state index is 13.1. The summed E-state index contributed by atoms with van der Waals surface area (Å²) in [6.07, 6.45) is 1.99.